The Balaban J connectivity index is 2.54. The van der Waals surface area contributed by atoms with Gasteiger partial charge in [0.2, 0.25) is 0 Å². The Kier molecular flexibility index (Phi) is 2.19. The Morgan fingerprint density at radius 3 is 2.20 bits per heavy atom. The van der Waals surface area contributed by atoms with Crippen LogP contribution in [0.1, 0.15) is 13.3 Å². The van der Waals surface area contributed by atoms with Crippen molar-refractivity contribution in [2.24, 2.45) is 5.73 Å². The molecule has 0 bridgehead atoms. The van der Waals surface area contributed by atoms with Crippen LogP contribution in [-0.2, 0) is 0 Å². The fourth-order valence-electron chi connectivity index (χ4n) is 0. The number of nitrogens with two attached hydrogens (primary N) is 1. The molecule has 1 nitrogen and oxygen atoms in total. The van der Waals surface area contributed by atoms with Crippen LogP contribution in [0.3, 0.4) is 0 Å². The lowest BCUT2D eigenvalue weighted by Gasteiger charge is -1.91. The molecule has 0 saturated carbocycles. The van der Waals surface area contributed by atoms with Crippen molar-refractivity contribution in [3.8, 4) is 0 Å². The van der Waals surface area contributed by atoms with E-state index in [1.165, 1.54) is 0 Å². The summed E-state index contributed by atoms with van der Waals surface area (Å²) in [6.45, 7) is 5.55. The second-order valence-electron chi connectivity index (χ2n) is 1.17. The van der Waals surface area contributed by atoms with Crippen molar-refractivity contribution in [3.63, 3.8) is 0 Å². The third-order valence-corrected chi connectivity index (χ3v) is 0.524. The van der Waals surface area contributed by atoms with Gasteiger partial charge in [-0.1, -0.05) is 6.92 Å². The minimum atomic E-state index is 0.134. The first kappa shape index (κ1) is 4.96. The summed E-state index contributed by atoms with van der Waals surface area (Å²) in [5.74, 6) is 0. The molecular weight excluding hydrogens is 62.1 g/mol. The predicted octanol–water partition coefficient (Wildman–Crippen LogP) is 0.558. The molecule has 1 heteroatoms. The summed E-state index contributed by atoms with van der Waals surface area (Å²) >= 11 is 0. The van der Waals surface area contributed by atoms with Crippen LogP contribution < -0.4 is 5.73 Å². The van der Waals surface area contributed by atoms with Gasteiger partial charge in [-0.25, -0.2) is 0 Å². The maximum absolute atomic E-state index is 5.18. The van der Waals surface area contributed by atoms with Gasteiger partial charge in [0.1, 0.15) is 0 Å². The monoisotopic (exact) mass is 72.1 g/mol. The van der Waals surface area contributed by atoms with Gasteiger partial charge >= 0.3 is 0 Å². The second-order valence-corrected chi connectivity index (χ2v) is 1.17. The Morgan fingerprint density at radius 1 is 2.00 bits per heavy atom. The fourth-order valence-corrected chi connectivity index (χ4v) is 0. The van der Waals surface area contributed by atoms with E-state index in [0.717, 1.165) is 6.42 Å². The van der Waals surface area contributed by atoms with E-state index >= 15 is 0 Å². The lowest BCUT2D eigenvalue weighted by atomic mass is 10.3. The summed E-state index contributed by atoms with van der Waals surface area (Å²) in [7, 11) is 0. The van der Waals surface area contributed by atoms with Crippen LogP contribution in [0.15, 0.2) is 0 Å². The number of hydrogen-bond donors (Lipinski definition) is 1. The smallest absolute Gasteiger partial charge is 0.00367 e. The van der Waals surface area contributed by atoms with E-state index in [2.05, 4.69) is 6.92 Å². The van der Waals surface area contributed by atoms with Crippen molar-refractivity contribution in [1.29, 1.82) is 0 Å². The van der Waals surface area contributed by atoms with Gasteiger partial charge in [0.25, 0.3) is 0 Å². The number of hydrogen-bond acceptors (Lipinski definition) is 1. The van der Waals surface area contributed by atoms with Crippen LogP contribution in [0.4, 0.5) is 0 Å². The molecule has 1 atom stereocenters. The Labute approximate surface area is 33.2 Å². The van der Waals surface area contributed by atoms with Crippen LogP contribution in [0.2, 0.25) is 0 Å². The molecule has 2 N–H and O–H groups in total. The predicted molar refractivity (Wildman–Crippen MR) is 23.6 cm³/mol. The molecule has 1 radical (unpaired) electrons. The molecule has 0 spiro atoms. The van der Waals surface area contributed by atoms with Gasteiger partial charge in [-0.3, -0.25) is 0 Å². The molecule has 0 aromatic heterocycles. The molecule has 0 aliphatic rings. The third kappa shape index (κ3) is 3.96. The maximum atomic E-state index is 5.18. The fraction of sp³-hybridized carbons (Fsp3) is 0.750. The first-order valence-electron chi connectivity index (χ1n) is 1.86. The van der Waals surface area contributed by atoms with E-state index in [0.29, 0.717) is 0 Å². The second kappa shape index (κ2) is 2.21. The van der Waals surface area contributed by atoms with Crippen molar-refractivity contribution in [2.75, 3.05) is 0 Å². The van der Waals surface area contributed by atoms with E-state index in [1.54, 1.807) is 0 Å². The normalized spacial score (nSPS) is 15.0. The molecular formula is C4H10N. The molecule has 0 heterocycles. The van der Waals surface area contributed by atoms with E-state index in [4.69, 9.17) is 5.73 Å². The highest BCUT2D eigenvalue weighted by molar-refractivity contribution is 4.56. The lowest BCUT2D eigenvalue weighted by Crippen LogP contribution is -2.12. The van der Waals surface area contributed by atoms with Gasteiger partial charge in [0, 0.05) is 6.04 Å². The quantitative estimate of drug-likeness (QED) is 0.481. The molecule has 0 fully saturated rings. The van der Waals surface area contributed by atoms with Crippen molar-refractivity contribution in [2.45, 2.75) is 19.4 Å². The standard InChI is InChI=1S/C4H10N/c1-3-4(2)5/h4H,2-3,5H2,1H3/t4-/m1/s1. The molecule has 0 aliphatic heterocycles. The Bertz CT molecular complexity index is 17.6. The lowest BCUT2D eigenvalue weighted by molar-refractivity contribution is 0.779. The molecule has 0 saturated heterocycles. The molecule has 0 aromatic rings. The van der Waals surface area contributed by atoms with Gasteiger partial charge in [-0.05, 0) is 13.3 Å². The van der Waals surface area contributed by atoms with Crippen molar-refractivity contribution < 1.29 is 0 Å². The van der Waals surface area contributed by atoms with Crippen molar-refractivity contribution in [1.82, 2.24) is 0 Å². The minimum absolute atomic E-state index is 0.134. The van der Waals surface area contributed by atoms with Crippen LogP contribution in [0.25, 0.3) is 0 Å². The SMILES string of the molecule is [CH2][C@@H](N)CC. The first-order valence-corrected chi connectivity index (χ1v) is 1.86. The van der Waals surface area contributed by atoms with Crippen LogP contribution in [0.5, 0.6) is 0 Å². The van der Waals surface area contributed by atoms with E-state index in [-0.39, 0.29) is 6.04 Å². The Morgan fingerprint density at radius 2 is 2.20 bits per heavy atom. The van der Waals surface area contributed by atoms with Crippen molar-refractivity contribution >= 4 is 0 Å². The van der Waals surface area contributed by atoms with E-state index in [9.17, 15) is 0 Å². The molecule has 0 rings (SSSR count). The summed E-state index contributed by atoms with van der Waals surface area (Å²) in [4.78, 5) is 0. The summed E-state index contributed by atoms with van der Waals surface area (Å²) in [5, 5.41) is 0. The highest BCUT2D eigenvalue weighted by Crippen LogP contribution is 1.76. The third-order valence-electron chi connectivity index (χ3n) is 0.524. The maximum Gasteiger partial charge on any atom is 0.00367 e. The molecule has 31 valence electrons. The Hall–Kier alpha value is -0.0400. The van der Waals surface area contributed by atoms with Gasteiger partial charge in [0.05, 0.1) is 0 Å². The highest BCUT2D eigenvalue weighted by Gasteiger charge is 1.79. The van der Waals surface area contributed by atoms with Crippen LogP contribution >= 0.6 is 0 Å². The summed E-state index contributed by atoms with van der Waals surface area (Å²) in [5.41, 5.74) is 5.18. The van der Waals surface area contributed by atoms with Crippen LogP contribution in [0, 0.1) is 6.92 Å². The zero-order chi connectivity index (χ0) is 4.28. The van der Waals surface area contributed by atoms with Crippen LogP contribution in [-0.4, -0.2) is 6.04 Å². The van der Waals surface area contributed by atoms with Gasteiger partial charge in [-0.15, -0.1) is 0 Å². The average molecular weight is 72.1 g/mol. The zero-order valence-electron chi connectivity index (χ0n) is 3.57. The highest BCUT2D eigenvalue weighted by atomic mass is 14.6. The topological polar surface area (TPSA) is 26.0 Å². The molecule has 0 aromatic carbocycles. The zero-order valence-corrected chi connectivity index (χ0v) is 3.57. The summed E-state index contributed by atoms with van der Waals surface area (Å²) in [6.07, 6.45) is 0.972. The minimum Gasteiger partial charge on any atom is -0.328 e. The largest absolute Gasteiger partial charge is 0.328 e. The molecule has 0 amide bonds. The van der Waals surface area contributed by atoms with Gasteiger partial charge in [0.15, 0.2) is 0 Å². The van der Waals surface area contributed by atoms with Gasteiger partial charge < -0.3 is 5.73 Å². The van der Waals surface area contributed by atoms with E-state index < -0.39 is 0 Å². The number of rotatable bonds is 1. The molecule has 0 aliphatic carbocycles. The van der Waals surface area contributed by atoms with Crippen molar-refractivity contribution in [3.05, 3.63) is 6.92 Å². The average Bonchev–Trinajstić information content (AvgIpc) is 1.38. The first-order chi connectivity index (χ1) is 2.27. The van der Waals surface area contributed by atoms with Gasteiger partial charge in [-0.2, -0.15) is 0 Å². The summed E-state index contributed by atoms with van der Waals surface area (Å²) < 4.78 is 0. The van der Waals surface area contributed by atoms with E-state index in [1.807, 2.05) is 6.92 Å². The summed E-state index contributed by atoms with van der Waals surface area (Å²) in [6, 6.07) is 0.134. The molecule has 0 unspecified atom stereocenters. The molecule has 5 heavy (non-hydrogen) atoms.